The van der Waals surface area contributed by atoms with Crippen molar-refractivity contribution < 1.29 is 28.6 Å². The van der Waals surface area contributed by atoms with Gasteiger partial charge in [-0.2, -0.15) is 0 Å². The Morgan fingerprint density at radius 1 is 0.273 bits per heavy atom. The number of carbonyl (C=O) groups is 3. The smallest absolute Gasteiger partial charge is 0.306 e. The Morgan fingerprint density at radius 3 is 0.792 bits per heavy atom. The third kappa shape index (κ3) is 63.3. The van der Waals surface area contributed by atoms with Crippen molar-refractivity contribution in [3.05, 3.63) is 85.1 Å². The molecule has 0 heterocycles. The first-order chi connectivity index (χ1) is 38.0. The van der Waals surface area contributed by atoms with Crippen LogP contribution in [-0.2, 0) is 28.6 Å². The molecule has 0 saturated carbocycles. The molecule has 0 fully saturated rings. The summed E-state index contributed by atoms with van der Waals surface area (Å²) in [5.41, 5.74) is 0. The first-order valence-corrected chi connectivity index (χ1v) is 33.1. The third-order valence-corrected chi connectivity index (χ3v) is 14.4. The van der Waals surface area contributed by atoms with Gasteiger partial charge in [-0.1, -0.05) is 305 Å². The van der Waals surface area contributed by atoms with Gasteiger partial charge in [0, 0.05) is 19.3 Å². The van der Waals surface area contributed by atoms with E-state index in [1.807, 2.05) is 0 Å². The molecule has 0 aromatic carbocycles. The quantitative estimate of drug-likeness (QED) is 0.0261. The maximum absolute atomic E-state index is 12.9. The Labute approximate surface area is 477 Å². The van der Waals surface area contributed by atoms with Gasteiger partial charge in [0.2, 0.25) is 0 Å². The summed E-state index contributed by atoms with van der Waals surface area (Å²) < 4.78 is 16.9. The van der Waals surface area contributed by atoms with Crippen LogP contribution in [0.4, 0.5) is 0 Å². The minimum atomic E-state index is -0.795. The molecule has 77 heavy (non-hydrogen) atoms. The fraction of sp³-hybridized carbons (Fsp3) is 0.761. The molecule has 0 aliphatic carbocycles. The molecule has 0 bridgehead atoms. The van der Waals surface area contributed by atoms with Crippen LogP contribution in [0.25, 0.3) is 0 Å². The first kappa shape index (κ1) is 73.6. The number of hydrogen-bond acceptors (Lipinski definition) is 6. The van der Waals surface area contributed by atoms with Gasteiger partial charge in [0.1, 0.15) is 13.2 Å². The zero-order valence-corrected chi connectivity index (χ0v) is 51.0. The molecular weight excluding hydrogens is 949 g/mol. The molecule has 1 atom stereocenters. The van der Waals surface area contributed by atoms with Gasteiger partial charge in [-0.15, -0.1) is 0 Å². The summed E-state index contributed by atoms with van der Waals surface area (Å²) in [6.07, 6.45) is 86.0. The van der Waals surface area contributed by atoms with Crippen LogP contribution in [0.2, 0.25) is 0 Å². The number of unbranched alkanes of at least 4 members (excludes halogenated alkanes) is 35. The molecule has 0 aromatic rings. The van der Waals surface area contributed by atoms with Gasteiger partial charge >= 0.3 is 17.9 Å². The second-order valence-electron chi connectivity index (χ2n) is 22.0. The number of carbonyl (C=O) groups excluding carboxylic acids is 3. The molecule has 444 valence electrons. The highest BCUT2D eigenvalue weighted by Crippen LogP contribution is 2.17. The average molecular weight is 1070 g/mol. The molecule has 0 N–H and O–H groups in total. The molecule has 6 heteroatoms. The molecule has 0 radical (unpaired) electrons. The minimum absolute atomic E-state index is 0.0874. The highest BCUT2D eigenvalue weighted by molar-refractivity contribution is 5.71. The highest BCUT2D eigenvalue weighted by atomic mass is 16.6. The van der Waals surface area contributed by atoms with E-state index in [0.29, 0.717) is 19.3 Å². The van der Waals surface area contributed by atoms with E-state index >= 15 is 0 Å². The summed E-state index contributed by atoms with van der Waals surface area (Å²) in [5, 5.41) is 0. The predicted octanol–water partition coefficient (Wildman–Crippen LogP) is 22.7. The predicted molar refractivity (Wildman–Crippen MR) is 334 cm³/mol. The van der Waals surface area contributed by atoms with Crippen LogP contribution in [-0.4, -0.2) is 37.2 Å². The van der Waals surface area contributed by atoms with Crippen molar-refractivity contribution in [3.63, 3.8) is 0 Å². The van der Waals surface area contributed by atoms with Gasteiger partial charge in [0.05, 0.1) is 0 Å². The van der Waals surface area contributed by atoms with E-state index < -0.39 is 6.10 Å². The van der Waals surface area contributed by atoms with E-state index in [1.165, 1.54) is 167 Å². The summed E-state index contributed by atoms with van der Waals surface area (Å²) in [6, 6.07) is 0. The Kier molecular flexibility index (Phi) is 62.2. The van der Waals surface area contributed by atoms with Gasteiger partial charge in [0.15, 0.2) is 6.10 Å². The Morgan fingerprint density at radius 2 is 0.506 bits per heavy atom. The van der Waals surface area contributed by atoms with Crippen LogP contribution in [0.1, 0.15) is 329 Å². The van der Waals surface area contributed by atoms with Crippen LogP contribution in [0.3, 0.4) is 0 Å². The van der Waals surface area contributed by atoms with Gasteiger partial charge in [-0.3, -0.25) is 14.4 Å². The number of hydrogen-bond donors (Lipinski definition) is 0. The molecule has 0 aliphatic heterocycles. The van der Waals surface area contributed by atoms with Crippen molar-refractivity contribution in [2.45, 2.75) is 335 Å². The van der Waals surface area contributed by atoms with Crippen molar-refractivity contribution in [2.24, 2.45) is 0 Å². The molecule has 0 spiro atoms. The fourth-order valence-corrected chi connectivity index (χ4v) is 9.51. The molecular formula is C71H124O6. The molecule has 0 saturated heterocycles. The van der Waals surface area contributed by atoms with Crippen molar-refractivity contribution in [1.82, 2.24) is 0 Å². The largest absolute Gasteiger partial charge is 0.462 e. The van der Waals surface area contributed by atoms with Gasteiger partial charge < -0.3 is 14.2 Å². The van der Waals surface area contributed by atoms with E-state index in [9.17, 15) is 14.4 Å². The number of ether oxygens (including phenoxy) is 3. The molecule has 1 unspecified atom stereocenters. The lowest BCUT2D eigenvalue weighted by atomic mass is 10.0. The van der Waals surface area contributed by atoms with Gasteiger partial charge in [0.25, 0.3) is 0 Å². The van der Waals surface area contributed by atoms with Gasteiger partial charge in [-0.25, -0.2) is 0 Å². The molecule has 0 aromatic heterocycles. The normalized spacial score (nSPS) is 12.6. The summed E-state index contributed by atoms with van der Waals surface area (Å²) >= 11 is 0. The van der Waals surface area contributed by atoms with Crippen molar-refractivity contribution in [1.29, 1.82) is 0 Å². The zero-order chi connectivity index (χ0) is 55.7. The molecule has 0 amide bonds. The van der Waals surface area contributed by atoms with Crippen LogP contribution >= 0.6 is 0 Å². The van der Waals surface area contributed by atoms with Crippen LogP contribution in [0.15, 0.2) is 85.1 Å². The molecule has 0 aliphatic rings. The van der Waals surface area contributed by atoms with E-state index in [-0.39, 0.29) is 31.1 Å². The van der Waals surface area contributed by atoms with Crippen molar-refractivity contribution >= 4 is 17.9 Å². The van der Waals surface area contributed by atoms with Crippen LogP contribution in [0, 0.1) is 0 Å². The lowest BCUT2D eigenvalue weighted by molar-refractivity contribution is -0.167. The van der Waals surface area contributed by atoms with E-state index in [4.69, 9.17) is 14.2 Å². The third-order valence-electron chi connectivity index (χ3n) is 14.4. The van der Waals surface area contributed by atoms with Crippen LogP contribution in [0.5, 0.6) is 0 Å². The van der Waals surface area contributed by atoms with E-state index in [1.54, 1.807) is 0 Å². The molecule has 0 rings (SSSR count). The Bertz CT molecular complexity index is 1470. The maximum Gasteiger partial charge on any atom is 0.306 e. The Balaban J connectivity index is 4.33. The summed E-state index contributed by atoms with van der Waals surface area (Å²) in [5.74, 6) is -0.907. The first-order valence-electron chi connectivity index (χ1n) is 33.1. The Hall–Kier alpha value is -3.41. The van der Waals surface area contributed by atoms with Gasteiger partial charge in [-0.05, 0) is 89.9 Å². The second-order valence-corrected chi connectivity index (χ2v) is 22.0. The average Bonchev–Trinajstić information content (AvgIpc) is 3.43. The second kappa shape index (κ2) is 65.1. The lowest BCUT2D eigenvalue weighted by Gasteiger charge is -2.18. The van der Waals surface area contributed by atoms with E-state index in [0.717, 1.165) is 122 Å². The standard InChI is InChI=1S/C71H124O6/c1-4-7-10-13-16-19-22-25-28-31-32-33-34-35-36-37-38-41-43-46-49-52-55-58-61-64-70(73)76-67-68(77-71(74)65-62-59-56-53-50-47-44-40-30-27-24-21-18-15-12-9-6-3)66-75-69(72)63-60-57-54-51-48-45-42-39-29-26-23-20-17-14-11-8-5-2/h8-9,11-12,17-18,20-21,26-27,29-30,44,47,68H,4-7,10,13-16,19,22-25,28,31-43,45-46,48-67H2,1-3H3/b11-8-,12-9-,20-17-,21-18-,29-26-,30-27-,47-44-. The SMILES string of the molecule is CC/C=C\C/C=C\C/C=C\C/C=C\CCCCCCC(=O)OC(COC(=O)CCCCCCCCC/C=C\C/C=C\C/C=C\CC)COC(=O)CCCCCCCCCCCCCCCCCCCCCCCCCCC. The summed E-state index contributed by atoms with van der Waals surface area (Å²) in [6.45, 7) is 6.43. The van der Waals surface area contributed by atoms with E-state index in [2.05, 4.69) is 106 Å². The lowest BCUT2D eigenvalue weighted by Crippen LogP contribution is -2.30. The topological polar surface area (TPSA) is 78.9 Å². The maximum atomic E-state index is 12.9. The number of rotatable bonds is 60. The monoisotopic (exact) mass is 1070 g/mol. The summed E-state index contributed by atoms with van der Waals surface area (Å²) in [4.78, 5) is 38.4. The summed E-state index contributed by atoms with van der Waals surface area (Å²) in [7, 11) is 0. The zero-order valence-electron chi connectivity index (χ0n) is 51.0. The highest BCUT2D eigenvalue weighted by Gasteiger charge is 2.19. The molecule has 6 nitrogen and oxygen atoms in total. The van der Waals surface area contributed by atoms with Crippen molar-refractivity contribution in [2.75, 3.05) is 13.2 Å². The minimum Gasteiger partial charge on any atom is -0.462 e. The van der Waals surface area contributed by atoms with Crippen LogP contribution < -0.4 is 0 Å². The number of allylic oxidation sites excluding steroid dienone is 14. The fourth-order valence-electron chi connectivity index (χ4n) is 9.51. The van der Waals surface area contributed by atoms with Crippen molar-refractivity contribution in [3.8, 4) is 0 Å². The number of esters is 3.